The molecule has 4 nitrogen and oxygen atoms in total. The summed E-state index contributed by atoms with van der Waals surface area (Å²) >= 11 is 1.67. The van der Waals surface area contributed by atoms with Crippen LogP contribution in [0.3, 0.4) is 0 Å². The van der Waals surface area contributed by atoms with E-state index in [9.17, 15) is 0 Å². The van der Waals surface area contributed by atoms with Gasteiger partial charge in [-0.2, -0.15) is 0 Å². The van der Waals surface area contributed by atoms with Crippen molar-refractivity contribution in [3.63, 3.8) is 0 Å². The minimum absolute atomic E-state index is 0.830. The zero-order valence-electron chi connectivity index (χ0n) is 13.5. The van der Waals surface area contributed by atoms with Crippen molar-refractivity contribution < 1.29 is 4.74 Å². The summed E-state index contributed by atoms with van der Waals surface area (Å²) in [5.41, 5.74) is 3.52. The molecule has 0 bridgehead atoms. The topological polar surface area (TPSA) is 39.9 Å². The van der Waals surface area contributed by atoms with Gasteiger partial charge in [-0.1, -0.05) is 53.7 Å². The summed E-state index contributed by atoms with van der Waals surface area (Å²) in [6.45, 7) is 2.08. The summed E-state index contributed by atoms with van der Waals surface area (Å²) in [6.07, 6.45) is 0. The first-order valence-corrected chi connectivity index (χ1v) is 8.38. The fraction of sp³-hybridized carbons (Fsp3) is 0.222. The van der Waals surface area contributed by atoms with E-state index in [0.29, 0.717) is 0 Å². The number of nitrogens with zero attached hydrogens (tertiary/aromatic N) is 3. The monoisotopic (exact) mass is 325 g/mol. The van der Waals surface area contributed by atoms with Crippen LogP contribution in [0.5, 0.6) is 5.75 Å². The highest BCUT2D eigenvalue weighted by atomic mass is 32.2. The SMILES string of the molecule is COc1cccc(CSc2nnc(-c3ccc(C)cc3)n2C)c1. The van der Waals surface area contributed by atoms with Gasteiger partial charge in [0.2, 0.25) is 0 Å². The van der Waals surface area contributed by atoms with Crippen molar-refractivity contribution in [1.29, 1.82) is 0 Å². The van der Waals surface area contributed by atoms with Crippen LogP contribution in [0.15, 0.2) is 53.7 Å². The van der Waals surface area contributed by atoms with Gasteiger partial charge in [0.1, 0.15) is 5.75 Å². The van der Waals surface area contributed by atoms with E-state index in [1.165, 1.54) is 11.1 Å². The number of benzene rings is 2. The Labute approximate surface area is 140 Å². The van der Waals surface area contributed by atoms with E-state index >= 15 is 0 Å². The molecule has 1 heterocycles. The molecular formula is C18H19N3OS. The van der Waals surface area contributed by atoms with Crippen LogP contribution < -0.4 is 4.74 Å². The first-order valence-electron chi connectivity index (χ1n) is 7.39. The molecule has 0 spiro atoms. The molecule has 0 aliphatic heterocycles. The van der Waals surface area contributed by atoms with Gasteiger partial charge >= 0.3 is 0 Å². The fourth-order valence-corrected chi connectivity index (χ4v) is 3.16. The lowest BCUT2D eigenvalue weighted by atomic mass is 10.1. The Morgan fingerprint density at radius 3 is 2.61 bits per heavy atom. The van der Waals surface area contributed by atoms with Gasteiger partial charge in [-0.3, -0.25) is 0 Å². The van der Waals surface area contributed by atoms with Gasteiger partial charge in [-0.25, -0.2) is 0 Å². The van der Waals surface area contributed by atoms with Crippen molar-refractivity contribution in [3.8, 4) is 17.1 Å². The summed E-state index contributed by atoms with van der Waals surface area (Å²) in [4.78, 5) is 0. The number of hydrogen-bond donors (Lipinski definition) is 0. The zero-order valence-corrected chi connectivity index (χ0v) is 14.3. The number of methoxy groups -OCH3 is 1. The van der Waals surface area contributed by atoms with Gasteiger partial charge in [0, 0.05) is 18.4 Å². The van der Waals surface area contributed by atoms with Crippen LogP contribution in [-0.2, 0) is 12.8 Å². The maximum absolute atomic E-state index is 5.26. The number of rotatable bonds is 5. The lowest BCUT2D eigenvalue weighted by molar-refractivity contribution is 0.414. The van der Waals surface area contributed by atoms with E-state index in [1.807, 2.05) is 29.8 Å². The van der Waals surface area contributed by atoms with Crippen molar-refractivity contribution >= 4 is 11.8 Å². The Morgan fingerprint density at radius 2 is 1.87 bits per heavy atom. The first kappa shape index (κ1) is 15.6. The molecule has 0 saturated heterocycles. The molecule has 5 heteroatoms. The van der Waals surface area contributed by atoms with Crippen LogP contribution in [0, 0.1) is 6.92 Å². The van der Waals surface area contributed by atoms with Gasteiger partial charge in [0.15, 0.2) is 11.0 Å². The summed E-state index contributed by atoms with van der Waals surface area (Å²) in [7, 11) is 3.69. The van der Waals surface area contributed by atoms with Crippen LogP contribution in [-0.4, -0.2) is 21.9 Å². The molecule has 23 heavy (non-hydrogen) atoms. The van der Waals surface area contributed by atoms with Crippen molar-refractivity contribution in [2.45, 2.75) is 17.8 Å². The lowest BCUT2D eigenvalue weighted by Gasteiger charge is -2.05. The maximum Gasteiger partial charge on any atom is 0.191 e. The quantitative estimate of drug-likeness (QED) is 0.662. The Bertz CT molecular complexity index is 796. The summed E-state index contributed by atoms with van der Waals surface area (Å²) in [6, 6.07) is 16.4. The molecule has 3 aromatic rings. The van der Waals surface area contributed by atoms with E-state index < -0.39 is 0 Å². The highest BCUT2D eigenvalue weighted by Crippen LogP contribution is 2.26. The predicted octanol–water partition coefficient (Wildman–Crippen LogP) is 4.09. The molecule has 0 fully saturated rings. The van der Waals surface area contributed by atoms with E-state index in [2.05, 4.69) is 47.5 Å². The predicted molar refractivity (Wildman–Crippen MR) is 93.7 cm³/mol. The van der Waals surface area contributed by atoms with Crippen LogP contribution in [0.2, 0.25) is 0 Å². The second kappa shape index (κ2) is 6.87. The van der Waals surface area contributed by atoms with Crippen molar-refractivity contribution in [1.82, 2.24) is 14.8 Å². The minimum atomic E-state index is 0.830. The lowest BCUT2D eigenvalue weighted by Crippen LogP contribution is -1.95. The molecular weight excluding hydrogens is 306 g/mol. The molecule has 0 N–H and O–H groups in total. The normalized spacial score (nSPS) is 10.7. The summed E-state index contributed by atoms with van der Waals surface area (Å²) in [5, 5.41) is 9.55. The molecule has 0 aliphatic rings. The number of ether oxygens (including phenoxy) is 1. The van der Waals surface area contributed by atoms with Crippen LogP contribution in [0.25, 0.3) is 11.4 Å². The van der Waals surface area contributed by atoms with Crippen molar-refractivity contribution in [3.05, 3.63) is 59.7 Å². The largest absolute Gasteiger partial charge is 0.497 e. The van der Waals surface area contributed by atoms with E-state index in [0.717, 1.165) is 28.0 Å². The Kier molecular flexibility index (Phi) is 4.67. The third-order valence-electron chi connectivity index (χ3n) is 3.65. The number of aryl methyl sites for hydroxylation is 1. The molecule has 0 saturated carbocycles. The number of thioether (sulfide) groups is 1. The summed E-state index contributed by atoms with van der Waals surface area (Å²) < 4.78 is 7.30. The van der Waals surface area contributed by atoms with E-state index in [1.54, 1.807) is 18.9 Å². The summed E-state index contributed by atoms with van der Waals surface area (Å²) in [5.74, 6) is 2.59. The molecule has 3 rings (SSSR count). The number of aromatic nitrogens is 3. The molecule has 0 unspecified atom stereocenters. The standard InChI is InChI=1S/C18H19N3OS/c1-13-7-9-15(10-8-13)17-19-20-18(21(17)2)23-12-14-5-4-6-16(11-14)22-3/h4-11H,12H2,1-3H3. The van der Waals surface area contributed by atoms with Crippen molar-refractivity contribution in [2.75, 3.05) is 7.11 Å². The van der Waals surface area contributed by atoms with Gasteiger partial charge in [0.05, 0.1) is 7.11 Å². The minimum Gasteiger partial charge on any atom is -0.497 e. The van der Waals surface area contributed by atoms with Gasteiger partial charge < -0.3 is 9.30 Å². The van der Waals surface area contributed by atoms with Crippen molar-refractivity contribution in [2.24, 2.45) is 7.05 Å². The van der Waals surface area contributed by atoms with Crippen LogP contribution >= 0.6 is 11.8 Å². The van der Waals surface area contributed by atoms with Crippen LogP contribution in [0.4, 0.5) is 0 Å². The highest BCUT2D eigenvalue weighted by Gasteiger charge is 2.11. The molecule has 1 aromatic heterocycles. The molecule has 0 aliphatic carbocycles. The highest BCUT2D eigenvalue weighted by molar-refractivity contribution is 7.98. The molecule has 0 atom stereocenters. The van der Waals surface area contributed by atoms with Gasteiger partial charge in [-0.15, -0.1) is 10.2 Å². The third kappa shape index (κ3) is 3.56. The first-order chi connectivity index (χ1) is 11.2. The van der Waals surface area contributed by atoms with Gasteiger partial charge in [-0.05, 0) is 24.6 Å². The average Bonchev–Trinajstić information content (AvgIpc) is 2.95. The smallest absolute Gasteiger partial charge is 0.191 e. The van der Waals surface area contributed by atoms with E-state index in [-0.39, 0.29) is 0 Å². The Morgan fingerprint density at radius 1 is 1.09 bits per heavy atom. The van der Waals surface area contributed by atoms with E-state index in [4.69, 9.17) is 4.74 Å². The fourth-order valence-electron chi connectivity index (χ4n) is 2.30. The average molecular weight is 325 g/mol. The Balaban J connectivity index is 1.75. The van der Waals surface area contributed by atoms with Crippen LogP contribution in [0.1, 0.15) is 11.1 Å². The second-order valence-electron chi connectivity index (χ2n) is 5.37. The molecule has 0 radical (unpaired) electrons. The third-order valence-corrected chi connectivity index (χ3v) is 4.74. The molecule has 118 valence electrons. The maximum atomic E-state index is 5.26. The molecule has 0 amide bonds. The van der Waals surface area contributed by atoms with Gasteiger partial charge in [0.25, 0.3) is 0 Å². The zero-order chi connectivity index (χ0) is 16.2. The molecule has 2 aromatic carbocycles. The second-order valence-corrected chi connectivity index (χ2v) is 6.31. The number of hydrogen-bond acceptors (Lipinski definition) is 4. The Hall–Kier alpha value is -2.27.